The first kappa shape index (κ1) is 25.0. The van der Waals surface area contributed by atoms with Crippen LogP contribution in [0.1, 0.15) is 44.6 Å². The molecule has 1 saturated carbocycles. The molecule has 4 N–H and O–H groups in total. The molecule has 10 nitrogen and oxygen atoms in total. The molecule has 2 heterocycles. The number of hydrogen-bond acceptors (Lipinski definition) is 5. The van der Waals surface area contributed by atoms with E-state index >= 15 is 0 Å². The quantitative estimate of drug-likeness (QED) is 0.520. The van der Waals surface area contributed by atoms with Gasteiger partial charge in [0.25, 0.3) is 0 Å². The van der Waals surface area contributed by atoms with Crippen molar-refractivity contribution in [2.75, 3.05) is 19.6 Å². The lowest BCUT2D eigenvalue weighted by atomic mass is 9.90. The number of nitrogens with zero attached hydrogens (tertiary/aromatic N) is 3. The molecule has 3 aliphatic rings. The van der Waals surface area contributed by atoms with Gasteiger partial charge in [0.05, 0.1) is 12.6 Å². The fourth-order valence-electron chi connectivity index (χ4n) is 5.50. The fraction of sp³-hybridized carbons (Fsp3) is 0.600. The highest BCUT2D eigenvalue weighted by Gasteiger charge is 2.52. The van der Waals surface area contributed by atoms with Gasteiger partial charge in [-0.3, -0.25) is 19.3 Å². The Labute approximate surface area is 204 Å². The molecule has 1 aliphatic carbocycles. The number of rotatable bonds is 7. The van der Waals surface area contributed by atoms with Crippen LogP contribution in [0.4, 0.5) is 4.79 Å². The van der Waals surface area contributed by atoms with Crippen molar-refractivity contribution in [3.63, 3.8) is 0 Å². The Bertz CT molecular complexity index is 981. The van der Waals surface area contributed by atoms with Crippen LogP contribution in [0.3, 0.4) is 0 Å². The van der Waals surface area contributed by atoms with Crippen molar-refractivity contribution in [2.45, 2.75) is 69.7 Å². The number of amides is 4. The molecule has 10 heteroatoms. The summed E-state index contributed by atoms with van der Waals surface area (Å²) in [6.45, 7) is 2.21. The zero-order valence-electron chi connectivity index (χ0n) is 20.0. The van der Waals surface area contributed by atoms with Gasteiger partial charge in [0.1, 0.15) is 12.1 Å². The number of primary amides is 1. The van der Waals surface area contributed by atoms with E-state index in [2.05, 4.69) is 0 Å². The van der Waals surface area contributed by atoms with Crippen molar-refractivity contribution in [1.29, 1.82) is 0 Å². The van der Waals surface area contributed by atoms with E-state index in [9.17, 15) is 29.4 Å². The van der Waals surface area contributed by atoms with Crippen molar-refractivity contribution in [2.24, 2.45) is 11.1 Å². The Kier molecular flexibility index (Phi) is 7.02. The van der Waals surface area contributed by atoms with Crippen LogP contribution >= 0.6 is 0 Å². The normalized spacial score (nSPS) is 26.5. The molecule has 4 amide bonds. The first-order valence-electron chi connectivity index (χ1n) is 12.2. The fourth-order valence-corrected chi connectivity index (χ4v) is 5.50. The van der Waals surface area contributed by atoms with E-state index < -0.39 is 42.1 Å². The van der Waals surface area contributed by atoms with Crippen LogP contribution < -0.4 is 5.73 Å². The summed E-state index contributed by atoms with van der Waals surface area (Å²) in [7, 11) is 0. The number of aliphatic hydroxyl groups excluding tert-OH is 1. The maximum atomic E-state index is 13.3. The SMILES string of the molecule is C[C@H]1C(=O)N(C(CCC(=O)N2CCC3(CC3)[C@H](O)C2)Cc2ccccc2)[C@@H](C(N)=O)CN1C(=O)O. The highest BCUT2D eigenvalue weighted by Crippen LogP contribution is 2.53. The third kappa shape index (κ3) is 5.12. The molecule has 1 aromatic rings. The van der Waals surface area contributed by atoms with Gasteiger partial charge >= 0.3 is 6.09 Å². The second-order valence-corrected chi connectivity index (χ2v) is 10.1. The third-order valence-electron chi connectivity index (χ3n) is 7.98. The van der Waals surface area contributed by atoms with Gasteiger partial charge in [0, 0.05) is 25.6 Å². The second kappa shape index (κ2) is 9.85. The van der Waals surface area contributed by atoms with Crippen LogP contribution in [-0.2, 0) is 20.8 Å². The summed E-state index contributed by atoms with van der Waals surface area (Å²) in [6.07, 6.45) is 1.84. The van der Waals surface area contributed by atoms with Gasteiger partial charge in [0.2, 0.25) is 17.7 Å². The van der Waals surface area contributed by atoms with E-state index in [1.165, 1.54) is 11.8 Å². The molecule has 0 aromatic heterocycles. The van der Waals surface area contributed by atoms with E-state index in [4.69, 9.17) is 5.73 Å². The number of benzene rings is 1. The third-order valence-corrected chi connectivity index (χ3v) is 7.98. The monoisotopic (exact) mass is 486 g/mol. The van der Waals surface area contributed by atoms with E-state index in [-0.39, 0.29) is 24.3 Å². The lowest BCUT2D eigenvalue weighted by molar-refractivity contribution is -0.153. The van der Waals surface area contributed by atoms with Crippen molar-refractivity contribution in [3.05, 3.63) is 35.9 Å². The minimum Gasteiger partial charge on any atom is -0.465 e. The van der Waals surface area contributed by atoms with Gasteiger partial charge in [-0.2, -0.15) is 0 Å². The summed E-state index contributed by atoms with van der Waals surface area (Å²) < 4.78 is 0. The molecule has 2 saturated heterocycles. The highest BCUT2D eigenvalue weighted by atomic mass is 16.4. The Balaban J connectivity index is 1.52. The van der Waals surface area contributed by atoms with Gasteiger partial charge in [-0.25, -0.2) is 4.79 Å². The number of β-amino-alcohol motifs (C(OH)–C–C–N with tert-alkyl or cyclic N) is 1. The Hall–Kier alpha value is -3.14. The number of aliphatic hydroxyl groups is 1. The lowest BCUT2D eigenvalue weighted by Gasteiger charge is -2.46. The molecule has 0 radical (unpaired) electrons. The molecule has 3 fully saturated rings. The zero-order valence-corrected chi connectivity index (χ0v) is 20.0. The number of carboxylic acid groups (broad SMARTS) is 1. The molecule has 2 aliphatic heterocycles. The maximum absolute atomic E-state index is 13.3. The minimum atomic E-state index is -1.29. The van der Waals surface area contributed by atoms with Crippen LogP contribution in [0, 0.1) is 5.41 Å². The lowest BCUT2D eigenvalue weighted by Crippen LogP contribution is -2.67. The van der Waals surface area contributed by atoms with E-state index in [0.29, 0.717) is 25.9 Å². The molecule has 190 valence electrons. The first-order valence-corrected chi connectivity index (χ1v) is 12.2. The number of hydrogen-bond donors (Lipinski definition) is 3. The second-order valence-electron chi connectivity index (χ2n) is 10.1. The smallest absolute Gasteiger partial charge is 0.408 e. The average molecular weight is 487 g/mol. The maximum Gasteiger partial charge on any atom is 0.408 e. The highest BCUT2D eigenvalue weighted by molar-refractivity contribution is 5.93. The first-order chi connectivity index (χ1) is 16.6. The van der Waals surface area contributed by atoms with Crippen LogP contribution in [0.5, 0.6) is 0 Å². The van der Waals surface area contributed by atoms with E-state index in [0.717, 1.165) is 29.7 Å². The van der Waals surface area contributed by atoms with Crippen molar-refractivity contribution < 1.29 is 29.4 Å². The summed E-state index contributed by atoms with van der Waals surface area (Å²) >= 11 is 0. The molecule has 0 bridgehead atoms. The summed E-state index contributed by atoms with van der Waals surface area (Å²) in [5.41, 5.74) is 6.55. The minimum absolute atomic E-state index is 0.00624. The number of carbonyl (C=O) groups is 4. The standard InChI is InChI=1S/C25H34N4O6/c1-16-23(33)29(19(22(26)32)14-28(16)24(34)35)18(13-17-5-3-2-4-6-17)7-8-21(31)27-12-11-25(9-10-25)20(30)15-27/h2-6,16,18-20,30H,7-15H2,1H3,(H2,26,32)(H,34,35)/t16-,18?,19+,20+/m0/s1. The Morgan fingerprint density at radius 2 is 1.83 bits per heavy atom. The number of likely N-dealkylation sites (tertiary alicyclic amines) is 1. The summed E-state index contributed by atoms with van der Waals surface area (Å²) in [6, 6.07) is 6.83. The predicted molar refractivity (Wildman–Crippen MR) is 126 cm³/mol. The van der Waals surface area contributed by atoms with Crippen LogP contribution in [-0.4, -0.2) is 92.6 Å². The predicted octanol–water partition coefficient (Wildman–Crippen LogP) is 0.816. The Morgan fingerprint density at radius 1 is 1.14 bits per heavy atom. The molecule has 1 unspecified atom stereocenters. The molecule has 35 heavy (non-hydrogen) atoms. The van der Waals surface area contributed by atoms with E-state index in [1.807, 2.05) is 30.3 Å². The number of piperidine rings is 1. The van der Waals surface area contributed by atoms with Gasteiger partial charge in [-0.05, 0) is 50.0 Å². The molecule has 4 rings (SSSR count). The topological polar surface area (TPSA) is 144 Å². The largest absolute Gasteiger partial charge is 0.465 e. The van der Waals surface area contributed by atoms with Gasteiger partial charge in [-0.1, -0.05) is 30.3 Å². The summed E-state index contributed by atoms with van der Waals surface area (Å²) in [5, 5.41) is 20.0. The van der Waals surface area contributed by atoms with Crippen LogP contribution in [0.25, 0.3) is 0 Å². The van der Waals surface area contributed by atoms with Gasteiger partial charge in [0.15, 0.2) is 0 Å². The van der Waals surface area contributed by atoms with E-state index in [1.54, 1.807) is 4.90 Å². The van der Waals surface area contributed by atoms with Crippen LogP contribution in [0.2, 0.25) is 0 Å². The zero-order chi connectivity index (χ0) is 25.3. The van der Waals surface area contributed by atoms with Crippen molar-refractivity contribution in [1.82, 2.24) is 14.7 Å². The molecule has 1 aromatic carbocycles. The average Bonchev–Trinajstić information content (AvgIpc) is 3.61. The number of piperazine rings is 1. The Morgan fingerprint density at radius 3 is 2.40 bits per heavy atom. The summed E-state index contributed by atoms with van der Waals surface area (Å²) in [5.74, 6) is -1.38. The number of nitrogens with two attached hydrogens (primary N) is 1. The number of carbonyl (C=O) groups excluding carboxylic acids is 3. The van der Waals surface area contributed by atoms with Gasteiger partial charge < -0.3 is 25.7 Å². The molecule has 1 spiro atoms. The van der Waals surface area contributed by atoms with Gasteiger partial charge in [-0.15, -0.1) is 0 Å². The molecular weight excluding hydrogens is 452 g/mol. The molecular formula is C25H34N4O6. The molecule has 4 atom stereocenters. The van der Waals surface area contributed by atoms with Crippen molar-refractivity contribution >= 4 is 23.8 Å². The summed E-state index contributed by atoms with van der Waals surface area (Å²) in [4.78, 5) is 54.4. The van der Waals surface area contributed by atoms with Crippen LogP contribution in [0.15, 0.2) is 30.3 Å². The van der Waals surface area contributed by atoms with Crippen molar-refractivity contribution in [3.8, 4) is 0 Å².